The average molecular weight is 603 g/mol. The molecule has 1 unspecified atom stereocenters. The zero-order valence-electron chi connectivity index (χ0n) is 21.6. The van der Waals surface area contributed by atoms with E-state index < -0.39 is 22.8 Å². The minimum absolute atomic E-state index is 0.0550. The second-order valence-corrected chi connectivity index (χ2v) is 11.8. The fourth-order valence-corrected chi connectivity index (χ4v) is 7.00. The largest absolute Gasteiger partial charge is 0.450 e. The minimum Gasteiger partial charge on any atom is -0.450 e. The number of benzene rings is 3. The van der Waals surface area contributed by atoms with Crippen LogP contribution < -0.4 is 15.2 Å². The standard InChI is InChI=1S/C30H20Cl2N4O4S/c1-2-5-23-33-34-29(41-23)36-27(38)26-24(25(37)19-14-18(32)12-13-22(19)40-26)30(36)20-6-3-4-7-21(20)35(28(30)39)15-16-8-10-17(31)11-9-16/h3-4,6-14H,2,5,15H2,1H3. The van der Waals surface area contributed by atoms with Crippen LogP contribution in [0.5, 0.6) is 0 Å². The highest BCUT2D eigenvalue weighted by Gasteiger charge is 2.66. The van der Waals surface area contributed by atoms with Crippen molar-refractivity contribution < 1.29 is 14.0 Å². The average Bonchev–Trinajstić information content (AvgIpc) is 3.60. The molecule has 2 amide bonds. The Morgan fingerprint density at radius 1 is 0.951 bits per heavy atom. The van der Waals surface area contributed by atoms with Gasteiger partial charge in [0, 0.05) is 22.0 Å². The van der Waals surface area contributed by atoms with Crippen LogP contribution in [0.1, 0.15) is 45.6 Å². The van der Waals surface area contributed by atoms with Crippen molar-refractivity contribution in [1.82, 2.24) is 10.2 Å². The van der Waals surface area contributed by atoms with Crippen LogP contribution in [0.3, 0.4) is 0 Å². The molecule has 0 fully saturated rings. The molecular formula is C30H20Cl2N4O4S. The van der Waals surface area contributed by atoms with Crippen molar-refractivity contribution in [3.8, 4) is 0 Å². The molecule has 0 saturated carbocycles. The molecule has 1 atom stereocenters. The predicted molar refractivity (Wildman–Crippen MR) is 158 cm³/mol. The van der Waals surface area contributed by atoms with Gasteiger partial charge in [0.15, 0.2) is 11.0 Å². The number of amides is 2. The van der Waals surface area contributed by atoms with Gasteiger partial charge in [-0.1, -0.05) is 71.8 Å². The molecule has 11 heteroatoms. The first kappa shape index (κ1) is 25.9. The van der Waals surface area contributed by atoms with E-state index in [-0.39, 0.29) is 34.0 Å². The Hall–Kier alpha value is -4.05. The number of fused-ring (bicyclic) bond motifs is 5. The number of aryl methyl sites for hydroxylation is 1. The van der Waals surface area contributed by atoms with E-state index >= 15 is 0 Å². The fourth-order valence-electron chi connectivity index (χ4n) is 5.71. The molecule has 0 radical (unpaired) electrons. The summed E-state index contributed by atoms with van der Waals surface area (Å²) in [5, 5.41) is 10.6. The summed E-state index contributed by atoms with van der Waals surface area (Å²) in [6.07, 6.45) is 1.49. The molecule has 8 nitrogen and oxygen atoms in total. The Balaban J connectivity index is 1.53. The first-order chi connectivity index (χ1) is 19.8. The van der Waals surface area contributed by atoms with E-state index in [1.807, 2.05) is 25.1 Å². The minimum atomic E-state index is -1.85. The molecule has 2 aliphatic rings. The molecule has 1 spiro atoms. The van der Waals surface area contributed by atoms with Gasteiger partial charge in [-0.2, -0.15) is 0 Å². The number of halogens is 2. The van der Waals surface area contributed by atoms with E-state index in [4.69, 9.17) is 27.6 Å². The van der Waals surface area contributed by atoms with Gasteiger partial charge >= 0.3 is 0 Å². The van der Waals surface area contributed by atoms with Crippen LogP contribution in [0.2, 0.25) is 10.0 Å². The van der Waals surface area contributed by atoms with Crippen molar-refractivity contribution in [3.05, 3.63) is 114 Å². The summed E-state index contributed by atoms with van der Waals surface area (Å²) in [4.78, 5) is 46.3. The number of para-hydroxylation sites is 1. The van der Waals surface area contributed by atoms with Crippen molar-refractivity contribution in [2.45, 2.75) is 31.8 Å². The van der Waals surface area contributed by atoms with Crippen molar-refractivity contribution in [1.29, 1.82) is 0 Å². The number of rotatable bonds is 5. The van der Waals surface area contributed by atoms with Crippen LogP contribution in [-0.4, -0.2) is 22.0 Å². The maximum atomic E-state index is 14.9. The first-order valence-corrected chi connectivity index (χ1v) is 14.5. The molecular weight excluding hydrogens is 583 g/mol. The highest BCUT2D eigenvalue weighted by molar-refractivity contribution is 7.15. The first-order valence-electron chi connectivity index (χ1n) is 12.9. The third-order valence-corrected chi connectivity index (χ3v) is 8.91. The van der Waals surface area contributed by atoms with Gasteiger partial charge in [-0.05, 0) is 48.4 Å². The molecule has 4 heterocycles. The van der Waals surface area contributed by atoms with Gasteiger partial charge in [-0.25, -0.2) is 0 Å². The number of nitrogens with zero attached hydrogens (tertiary/aromatic N) is 4. The van der Waals surface area contributed by atoms with E-state index in [1.54, 1.807) is 47.4 Å². The predicted octanol–water partition coefficient (Wildman–Crippen LogP) is 6.35. The van der Waals surface area contributed by atoms with Gasteiger partial charge in [0.05, 0.1) is 23.2 Å². The lowest BCUT2D eigenvalue weighted by molar-refractivity contribution is -0.121. The zero-order valence-corrected chi connectivity index (χ0v) is 23.9. The quantitative estimate of drug-likeness (QED) is 0.232. The molecule has 204 valence electrons. The number of carbonyl (C=O) groups is 2. The Morgan fingerprint density at radius 3 is 2.49 bits per heavy atom. The molecule has 0 N–H and O–H groups in total. The maximum absolute atomic E-state index is 14.9. The van der Waals surface area contributed by atoms with Gasteiger partial charge in [-0.3, -0.25) is 19.3 Å². The lowest BCUT2D eigenvalue weighted by atomic mass is 9.84. The van der Waals surface area contributed by atoms with E-state index in [0.717, 1.165) is 17.0 Å². The van der Waals surface area contributed by atoms with Gasteiger partial charge in [0.1, 0.15) is 10.6 Å². The molecule has 41 heavy (non-hydrogen) atoms. The van der Waals surface area contributed by atoms with E-state index in [1.165, 1.54) is 22.3 Å². The number of hydrogen-bond donors (Lipinski definition) is 0. The summed E-state index contributed by atoms with van der Waals surface area (Å²) in [6, 6.07) is 19.0. The van der Waals surface area contributed by atoms with E-state index in [0.29, 0.717) is 27.7 Å². The van der Waals surface area contributed by atoms with Crippen molar-refractivity contribution >= 4 is 68.1 Å². The van der Waals surface area contributed by atoms with Crippen molar-refractivity contribution in [3.63, 3.8) is 0 Å². The molecule has 5 aromatic rings. The van der Waals surface area contributed by atoms with Crippen molar-refractivity contribution in [2.24, 2.45) is 0 Å². The molecule has 7 rings (SSSR count). The molecule has 3 aromatic carbocycles. The van der Waals surface area contributed by atoms with Crippen LogP contribution in [0.15, 0.2) is 75.9 Å². The summed E-state index contributed by atoms with van der Waals surface area (Å²) in [6.45, 7) is 2.21. The van der Waals surface area contributed by atoms with E-state index in [2.05, 4.69) is 10.2 Å². The van der Waals surface area contributed by atoms with Gasteiger partial charge in [0.2, 0.25) is 10.9 Å². The van der Waals surface area contributed by atoms with Crippen molar-refractivity contribution in [2.75, 3.05) is 9.80 Å². The normalized spacial score (nSPS) is 17.6. The third-order valence-electron chi connectivity index (χ3n) is 7.45. The van der Waals surface area contributed by atoms with Gasteiger partial charge < -0.3 is 9.32 Å². The maximum Gasteiger partial charge on any atom is 0.297 e. The molecule has 0 saturated heterocycles. The number of anilines is 2. The Morgan fingerprint density at radius 2 is 1.71 bits per heavy atom. The lowest BCUT2D eigenvalue weighted by Gasteiger charge is -2.32. The lowest BCUT2D eigenvalue weighted by Crippen LogP contribution is -2.53. The Labute approximate surface area is 247 Å². The third kappa shape index (κ3) is 3.69. The second kappa shape index (κ2) is 9.51. The zero-order chi connectivity index (χ0) is 28.5. The van der Waals surface area contributed by atoms with Crippen LogP contribution in [0, 0.1) is 0 Å². The van der Waals surface area contributed by atoms with Crippen LogP contribution >= 0.6 is 34.5 Å². The molecule has 2 aromatic heterocycles. The topological polar surface area (TPSA) is 96.6 Å². The molecule has 2 aliphatic heterocycles. The van der Waals surface area contributed by atoms with Gasteiger partial charge in [-0.15, -0.1) is 10.2 Å². The fraction of sp³-hybridized carbons (Fsp3) is 0.167. The Kier molecular flexibility index (Phi) is 6.01. The summed E-state index contributed by atoms with van der Waals surface area (Å²) >= 11 is 13.6. The summed E-state index contributed by atoms with van der Waals surface area (Å²) in [7, 11) is 0. The Bertz CT molecular complexity index is 1950. The second-order valence-electron chi connectivity index (χ2n) is 9.89. The number of aromatic nitrogens is 2. The monoisotopic (exact) mass is 602 g/mol. The number of carbonyl (C=O) groups excluding carboxylic acids is 2. The highest BCUT2D eigenvalue weighted by Crippen LogP contribution is 2.54. The van der Waals surface area contributed by atoms with Crippen LogP contribution in [0.4, 0.5) is 10.8 Å². The molecule has 0 aliphatic carbocycles. The van der Waals surface area contributed by atoms with Crippen LogP contribution in [0.25, 0.3) is 11.0 Å². The van der Waals surface area contributed by atoms with E-state index in [9.17, 15) is 14.4 Å². The van der Waals surface area contributed by atoms with Crippen LogP contribution in [-0.2, 0) is 23.3 Å². The number of hydrogen-bond acceptors (Lipinski definition) is 7. The smallest absolute Gasteiger partial charge is 0.297 e. The highest BCUT2D eigenvalue weighted by atomic mass is 35.5. The van der Waals surface area contributed by atoms with Gasteiger partial charge in [0.25, 0.3) is 11.8 Å². The SMILES string of the molecule is CCCc1nnc(N2C(=O)c3oc4ccc(Cl)cc4c(=O)c3C23C(=O)N(Cc2ccc(Cl)cc2)c2ccccc23)s1. The summed E-state index contributed by atoms with van der Waals surface area (Å²) < 4.78 is 6.10. The molecule has 0 bridgehead atoms. The summed E-state index contributed by atoms with van der Waals surface area (Å²) in [5.41, 5.74) is -0.340. The summed E-state index contributed by atoms with van der Waals surface area (Å²) in [5.74, 6) is -1.31.